The van der Waals surface area contributed by atoms with Gasteiger partial charge in [-0.15, -0.1) is 21.5 Å². The van der Waals surface area contributed by atoms with Crippen molar-refractivity contribution in [3.05, 3.63) is 40.5 Å². The molecule has 26 heavy (non-hydrogen) atoms. The van der Waals surface area contributed by atoms with Crippen molar-refractivity contribution in [2.24, 2.45) is 7.05 Å². The molecule has 0 spiro atoms. The highest BCUT2D eigenvalue weighted by Crippen LogP contribution is 2.32. The van der Waals surface area contributed by atoms with Crippen molar-refractivity contribution in [3.63, 3.8) is 0 Å². The van der Waals surface area contributed by atoms with E-state index in [0.717, 1.165) is 20.5 Å². The molecule has 0 saturated heterocycles. The fourth-order valence-electron chi connectivity index (χ4n) is 2.60. The Kier molecular flexibility index (Phi) is 5.73. The highest BCUT2D eigenvalue weighted by molar-refractivity contribution is 7.99. The van der Waals surface area contributed by atoms with Crippen LogP contribution in [0.15, 0.2) is 29.4 Å². The van der Waals surface area contributed by atoms with Gasteiger partial charge in [-0.3, -0.25) is 9.59 Å². The SMILES string of the molecule is CCOC(=O)Cc1nnc(SCC(=O)c2sc3ccccc3c2C)n1C. The van der Waals surface area contributed by atoms with Crippen LogP contribution in [0.5, 0.6) is 0 Å². The van der Waals surface area contributed by atoms with E-state index in [-0.39, 0.29) is 23.9 Å². The molecule has 0 N–H and O–H groups in total. The van der Waals surface area contributed by atoms with E-state index in [1.54, 1.807) is 18.5 Å². The van der Waals surface area contributed by atoms with Gasteiger partial charge in [0.15, 0.2) is 10.9 Å². The highest BCUT2D eigenvalue weighted by Gasteiger charge is 2.18. The number of rotatable bonds is 7. The number of thiophene rings is 1. The van der Waals surface area contributed by atoms with Gasteiger partial charge >= 0.3 is 5.97 Å². The van der Waals surface area contributed by atoms with Gasteiger partial charge in [-0.05, 0) is 30.9 Å². The number of Topliss-reactive ketones (excluding diaryl/α,β-unsaturated/α-hetero) is 1. The third-order valence-electron chi connectivity index (χ3n) is 3.96. The maximum absolute atomic E-state index is 12.6. The number of nitrogens with zero attached hydrogens (tertiary/aromatic N) is 3. The van der Waals surface area contributed by atoms with E-state index in [0.29, 0.717) is 17.6 Å². The summed E-state index contributed by atoms with van der Waals surface area (Å²) in [4.78, 5) is 25.0. The molecule has 0 atom stereocenters. The molecule has 1 aromatic carbocycles. The van der Waals surface area contributed by atoms with Gasteiger partial charge in [0.1, 0.15) is 12.2 Å². The summed E-state index contributed by atoms with van der Waals surface area (Å²) in [6.07, 6.45) is 0.0707. The normalized spacial score (nSPS) is 11.0. The minimum Gasteiger partial charge on any atom is -0.466 e. The predicted octanol–water partition coefficient (Wildman–Crippen LogP) is 3.42. The molecule has 2 heterocycles. The third kappa shape index (κ3) is 3.81. The fourth-order valence-corrected chi connectivity index (χ4v) is 4.64. The van der Waals surface area contributed by atoms with Gasteiger partial charge in [-0.2, -0.15) is 0 Å². The summed E-state index contributed by atoms with van der Waals surface area (Å²) >= 11 is 2.85. The van der Waals surface area contributed by atoms with E-state index in [1.807, 2.05) is 31.2 Å². The molecule has 0 bridgehead atoms. The number of aromatic nitrogens is 3. The summed E-state index contributed by atoms with van der Waals surface area (Å²) in [5, 5.41) is 9.84. The van der Waals surface area contributed by atoms with Crippen molar-refractivity contribution < 1.29 is 14.3 Å². The minimum atomic E-state index is -0.337. The van der Waals surface area contributed by atoms with Crippen LogP contribution in [0, 0.1) is 6.92 Å². The molecule has 0 saturated carbocycles. The van der Waals surface area contributed by atoms with E-state index < -0.39 is 0 Å². The Morgan fingerprint density at radius 2 is 2.04 bits per heavy atom. The lowest BCUT2D eigenvalue weighted by atomic mass is 10.1. The van der Waals surface area contributed by atoms with E-state index in [1.165, 1.54) is 23.1 Å². The molecular weight excluding hydrogens is 370 g/mol. The highest BCUT2D eigenvalue weighted by atomic mass is 32.2. The number of thioether (sulfide) groups is 1. The Bertz CT molecular complexity index is 962. The van der Waals surface area contributed by atoms with Crippen LogP contribution in [0.2, 0.25) is 0 Å². The Balaban J connectivity index is 1.69. The summed E-state index contributed by atoms with van der Waals surface area (Å²) in [5.41, 5.74) is 1.03. The van der Waals surface area contributed by atoms with Crippen LogP contribution in [-0.2, 0) is 23.0 Å². The van der Waals surface area contributed by atoms with Gasteiger partial charge in [0, 0.05) is 11.7 Å². The van der Waals surface area contributed by atoms with Crippen LogP contribution in [0.25, 0.3) is 10.1 Å². The second-order valence-electron chi connectivity index (χ2n) is 5.70. The molecule has 0 aliphatic rings. The Hall–Kier alpha value is -2.19. The zero-order valence-corrected chi connectivity index (χ0v) is 16.4. The Morgan fingerprint density at radius 1 is 1.27 bits per heavy atom. The summed E-state index contributed by atoms with van der Waals surface area (Å²) < 4.78 is 7.78. The van der Waals surface area contributed by atoms with Crippen molar-refractivity contribution in [1.29, 1.82) is 0 Å². The Labute approximate surface area is 159 Å². The molecule has 0 radical (unpaired) electrons. The molecule has 0 aliphatic heterocycles. The zero-order valence-electron chi connectivity index (χ0n) is 14.8. The molecule has 136 valence electrons. The lowest BCUT2D eigenvalue weighted by Gasteiger charge is -2.04. The fraction of sp³-hybridized carbons (Fsp3) is 0.333. The molecule has 3 aromatic rings. The average molecular weight is 390 g/mol. The van der Waals surface area contributed by atoms with Gasteiger partial charge in [-0.25, -0.2) is 0 Å². The molecule has 0 aliphatic carbocycles. The number of aryl methyl sites for hydroxylation is 1. The number of benzene rings is 1. The summed E-state index contributed by atoms with van der Waals surface area (Å²) in [6.45, 7) is 4.08. The lowest BCUT2D eigenvalue weighted by Crippen LogP contribution is -2.11. The molecule has 0 amide bonds. The van der Waals surface area contributed by atoms with Crippen LogP contribution < -0.4 is 0 Å². The van der Waals surface area contributed by atoms with Crippen LogP contribution >= 0.6 is 23.1 Å². The largest absolute Gasteiger partial charge is 0.466 e. The zero-order chi connectivity index (χ0) is 18.7. The molecule has 2 aromatic heterocycles. The van der Waals surface area contributed by atoms with Gasteiger partial charge in [0.2, 0.25) is 0 Å². The second kappa shape index (κ2) is 8.01. The van der Waals surface area contributed by atoms with E-state index in [4.69, 9.17) is 4.74 Å². The number of fused-ring (bicyclic) bond motifs is 1. The minimum absolute atomic E-state index is 0.0707. The van der Waals surface area contributed by atoms with Crippen molar-refractivity contribution >= 4 is 44.9 Å². The van der Waals surface area contributed by atoms with Crippen LogP contribution in [0.3, 0.4) is 0 Å². The second-order valence-corrected chi connectivity index (χ2v) is 7.70. The summed E-state index contributed by atoms with van der Waals surface area (Å²) in [7, 11) is 1.78. The first kappa shape index (κ1) is 18.6. The van der Waals surface area contributed by atoms with Gasteiger partial charge in [0.05, 0.1) is 17.2 Å². The molecular formula is C18H19N3O3S2. The lowest BCUT2D eigenvalue weighted by molar-refractivity contribution is -0.142. The van der Waals surface area contributed by atoms with Crippen LogP contribution in [-0.4, -0.2) is 38.9 Å². The number of carbonyl (C=O) groups excluding carboxylic acids is 2. The van der Waals surface area contributed by atoms with Crippen molar-refractivity contribution in [3.8, 4) is 0 Å². The third-order valence-corrected chi connectivity index (χ3v) is 6.30. The average Bonchev–Trinajstić information content (AvgIpc) is 3.14. The van der Waals surface area contributed by atoms with Crippen LogP contribution in [0.1, 0.15) is 28.0 Å². The van der Waals surface area contributed by atoms with E-state index >= 15 is 0 Å². The van der Waals surface area contributed by atoms with Crippen LogP contribution in [0.4, 0.5) is 0 Å². The first-order valence-corrected chi connectivity index (χ1v) is 9.99. The maximum atomic E-state index is 12.6. The molecule has 0 unspecified atom stereocenters. The van der Waals surface area contributed by atoms with E-state index in [9.17, 15) is 9.59 Å². The van der Waals surface area contributed by atoms with Gasteiger partial charge < -0.3 is 9.30 Å². The molecule has 6 nitrogen and oxygen atoms in total. The predicted molar refractivity (Wildman–Crippen MR) is 103 cm³/mol. The quantitative estimate of drug-likeness (QED) is 0.350. The molecule has 3 rings (SSSR count). The van der Waals surface area contributed by atoms with Gasteiger partial charge in [-0.1, -0.05) is 30.0 Å². The number of carbonyl (C=O) groups is 2. The van der Waals surface area contributed by atoms with Gasteiger partial charge in [0.25, 0.3) is 0 Å². The Morgan fingerprint density at radius 3 is 2.77 bits per heavy atom. The standard InChI is InChI=1S/C18H19N3O3S2/c1-4-24-16(23)9-15-19-20-18(21(15)3)25-10-13(22)17-11(2)12-7-5-6-8-14(12)26-17/h5-8H,4,9-10H2,1-3H3. The van der Waals surface area contributed by atoms with Crippen molar-refractivity contribution in [2.75, 3.05) is 12.4 Å². The smallest absolute Gasteiger partial charge is 0.313 e. The van der Waals surface area contributed by atoms with Crippen molar-refractivity contribution in [1.82, 2.24) is 14.8 Å². The number of hydrogen-bond acceptors (Lipinski definition) is 7. The summed E-state index contributed by atoms with van der Waals surface area (Å²) in [6, 6.07) is 8.03. The number of esters is 1. The summed E-state index contributed by atoms with van der Waals surface area (Å²) in [5.74, 6) is 0.538. The first-order valence-electron chi connectivity index (χ1n) is 8.19. The number of ketones is 1. The molecule has 0 fully saturated rings. The van der Waals surface area contributed by atoms with Crippen molar-refractivity contribution in [2.45, 2.75) is 25.4 Å². The topological polar surface area (TPSA) is 74.1 Å². The molecule has 8 heteroatoms. The monoisotopic (exact) mass is 389 g/mol. The number of ether oxygens (including phenoxy) is 1. The maximum Gasteiger partial charge on any atom is 0.313 e. The number of hydrogen-bond donors (Lipinski definition) is 0. The van der Waals surface area contributed by atoms with E-state index in [2.05, 4.69) is 10.2 Å². The first-order chi connectivity index (χ1) is 12.5.